The van der Waals surface area contributed by atoms with Gasteiger partial charge in [-0.2, -0.15) is 0 Å². The highest BCUT2D eigenvalue weighted by Crippen LogP contribution is 2.32. The molecule has 0 radical (unpaired) electrons. The van der Waals surface area contributed by atoms with E-state index < -0.39 is 0 Å². The third-order valence-corrected chi connectivity index (χ3v) is 6.86. The van der Waals surface area contributed by atoms with Crippen molar-refractivity contribution >= 4 is 45.0 Å². The van der Waals surface area contributed by atoms with Crippen molar-refractivity contribution in [3.63, 3.8) is 0 Å². The van der Waals surface area contributed by atoms with Gasteiger partial charge in [0.1, 0.15) is 5.75 Å². The number of benzene rings is 2. The fourth-order valence-electron chi connectivity index (χ4n) is 3.68. The highest BCUT2D eigenvalue weighted by molar-refractivity contribution is 7.22. The molecule has 0 unspecified atom stereocenters. The summed E-state index contributed by atoms with van der Waals surface area (Å²) < 4.78 is 6.39. The van der Waals surface area contributed by atoms with Crippen LogP contribution in [0.15, 0.2) is 36.4 Å². The maximum absolute atomic E-state index is 12.3. The smallest absolute Gasteiger partial charge is 0.251 e. The van der Waals surface area contributed by atoms with Crippen molar-refractivity contribution in [1.29, 1.82) is 0 Å². The number of thiazole rings is 1. The van der Waals surface area contributed by atoms with Crippen LogP contribution in [0.2, 0.25) is 0 Å². The highest BCUT2D eigenvalue weighted by Gasteiger charge is 2.20. The minimum Gasteiger partial charge on any atom is -0.497 e. The first-order valence-corrected chi connectivity index (χ1v) is 11.1. The van der Waals surface area contributed by atoms with Gasteiger partial charge in [0.05, 0.1) is 17.3 Å². The maximum Gasteiger partial charge on any atom is 0.251 e. The number of carbonyl (C=O) groups is 1. The lowest BCUT2D eigenvalue weighted by atomic mass is 10.1. The molecule has 1 aromatic heterocycles. The van der Waals surface area contributed by atoms with Crippen molar-refractivity contribution in [2.45, 2.75) is 13.8 Å². The number of halogens is 1. The summed E-state index contributed by atoms with van der Waals surface area (Å²) in [4.78, 5) is 22.0. The summed E-state index contributed by atoms with van der Waals surface area (Å²) in [6.45, 7) is 9.67. The van der Waals surface area contributed by atoms with Crippen LogP contribution >= 0.6 is 23.7 Å². The van der Waals surface area contributed by atoms with Crippen LogP contribution in [0.4, 0.5) is 5.13 Å². The van der Waals surface area contributed by atoms with Crippen LogP contribution in [-0.4, -0.2) is 62.2 Å². The first-order valence-electron chi connectivity index (χ1n) is 10.3. The number of hydrogen-bond donors (Lipinski definition) is 1. The lowest BCUT2D eigenvalue weighted by Gasteiger charge is -2.34. The molecule has 1 aliphatic rings. The number of anilines is 1. The van der Waals surface area contributed by atoms with Crippen molar-refractivity contribution in [1.82, 2.24) is 15.2 Å². The van der Waals surface area contributed by atoms with Crippen LogP contribution in [0.1, 0.15) is 21.5 Å². The van der Waals surface area contributed by atoms with Gasteiger partial charge in [-0.1, -0.05) is 17.4 Å². The van der Waals surface area contributed by atoms with Gasteiger partial charge in [0.15, 0.2) is 5.13 Å². The number of nitrogens with one attached hydrogen (secondary N) is 1. The Kier molecular flexibility index (Phi) is 7.75. The third-order valence-electron chi connectivity index (χ3n) is 5.78. The Balaban J connectivity index is 0.00000272. The van der Waals surface area contributed by atoms with E-state index in [1.807, 2.05) is 0 Å². The highest BCUT2D eigenvalue weighted by atomic mass is 35.5. The molecule has 1 N–H and O–H groups in total. The molecule has 0 spiro atoms. The summed E-state index contributed by atoms with van der Waals surface area (Å²) in [5.41, 5.74) is 4.36. The Morgan fingerprint density at radius 2 is 1.81 bits per heavy atom. The standard InChI is InChI=1S/C23H28N4O2S.ClH/c1-16-4-9-20-21(17(16)2)25-23(30-20)27-14-12-26(13-15-27)11-10-24-22(28)18-5-7-19(29-3)8-6-18;/h4-9H,10-15H2,1-3H3,(H,24,28);1H. The predicted octanol–water partition coefficient (Wildman–Crippen LogP) is 3.90. The number of fused-ring (bicyclic) bond motifs is 1. The molecule has 0 aliphatic carbocycles. The number of aromatic nitrogens is 1. The average molecular weight is 461 g/mol. The number of carbonyl (C=O) groups excluding carboxylic acids is 1. The minimum absolute atomic E-state index is 0. The average Bonchev–Trinajstić information content (AvgIpc) is 3.22. The summed E-state index contributed by atoms with van der Waals surface area (Å²) in [5, 5.41) is 4.13. The number of methoxy groups -OCH3 is 1. The lowest BCUT2D eigenvalue weighted by molar-refractivity contribution is 0.0947. The van der Waals surface area contributed by atoms with E-state index in [9.17, 15) is 4.79 Å². The number of amides is 1. The molecule has 1 aliphatic heterocycles. The quantitative estimate of drug-likeness (QED) is 0.604. The molecule has 1 fully saturated rings. The molecular formula is C23H29ClN4O2S. The molecule has 2 aromatic carbocycles. The van der Waals surface area contributed by atoms with Gasteiger partial charge in [0, 0.05) is 44.8 Å². The van der Waals surface area contributed by atoms with E-state index in [1.165, 1.54) is 15.8 Å². The van der Waals surface area contributed by atoms with Gasteiger partial charge in [-0.3, -0.25) is 9.69 Å². The third kappa shape index (κ3) is 5.29. The molecule has 2 heterocycles. The number of ether oxygens (including phenoxy) is 1. The van der Waals surface area contributed by atoms with Crippen LogP contribution < -0.4 is 15.0 Å². The Labute approximate surface area is 193 Å². The zero-order valence-corrected chi connectivity index (χ0v) is 19.8. The minimum atomic E-state index is -0.0450. The Morgan fingerprint density at radius 3 is 2.48 bits per heavy atom. The second-order valence-corrected chi connectivity index (χ2v) is 8.67. The van der Waals surface area contributed by atoms with E-state index in [4.69, 9.17) is 9.72 Å². The summed E-state index contributed by atoms with van der Waals surface area (Å²) in [7, 11) is 1.62. The molecule has 3 aromatic rings. The maximum atomic E-state index is 12.3. The second kappa shape index (κ2) is 10.3. The van der Waals surface area contributed by atoms with Crippen LogP contribution in [0.3, 0.4) is 0 Å². The molecule has 0 saturated carbocycles. The molecule has 1 saturated heterocycles. The van der Waals surface area contributed by atoms with E-state index in [0.29, 0.717) is 12.1 Å². The monoisotopic (exact) mass is 460 g/mol. The number of aryl methyl sites for hydroxylation is 2. The van der Waals surface area contributed by atoms with Gasteiger partial charge in [-0.05, 0) is 55.3 Å². The second-order valence-electron chi connectivity index (χ2n) is 7.66. The first kappa shape index (κ1) is 23.3. The van der Waals surface area contributed by atoms with Crippen LogP contribution in [0.5, 0.6) is 5.75 Å². The van der Waals surface area contributed by atoms with Crippen LogP contribution in [-0.2, 0) is 0 Å². The van der Waals surface area contributed by atoms with E-state index in [2.05, 4.69) is 41.1 Å². The van der Waals surface area contributed by atoms with E-state index in [1.54, 1.807) is 42.7 Å². The van der Waals surface area contributed by atoms with Crippen molar-refractivity contribution in [3.05, 3.63) is 53.1 Å². The molecule has 1 amide bonds. The Morgan fingerprint density at radius 1 is 1.10 bits per heavy atom. The molecule has 0 atom stereocenters. The van der Waals surface area contributed by atoms with Gasteiger partial charge in [-0.25, -0.2) is 4.98 Å². The summed E-state index contributed by atoms with van der Waals surface area (Å²) in [6, 6.07) is 11.5. The number of nitrogens with zero attached hydrogens (tertiary/aromatic N) is 3. The molecular weight excluding hydrogens is 432 g/mol. The van der Waals surface area contributed by atoms with Crippen molar-refractivity contribution < 1.29 is 9.53 Å². The first-order chi connectivity index (χ1) is 14.5. The van der Waals surface area contributed by atoms with Crippen molar-refractivity contribution in [2.75, 3.05) is 51.3 Å². The SMILES string of the molecule is COc1ccc(C(=O)NCCN2CCN(c3nc4c(C)c(C)ccc4s3)CC2)cc1.Cl. The molecule has 4 rings (SSSR count). The zero-order valence-electron chi connectivity index (χ0n) is 18.2. The molecule has 8 heteroatoms. The van der Waals surface area contributed by atoms with Crippen LogP contribution in [0, 0.1) is 13.8 Å². The molecule has 31 heavy (non-hydrogen) atoms. The van der Waals surface area contributed by atoms with E-state index in [-0.39, 0.29) is 18.3 Å². The molecule has 166 valence electrons. The number of rotatable bonds is 6. The van der Waals surface area contributed by atoms with Gasteiger partial charge >= 0.3 is 0 Å². The molecule has 0 bridgehead atoms. The zero-order chi connectivity index (χ0) is 21.1. The number of hydrogen-bond acceptors (Lipinski definition) is 6. The summed E-state index contributed by atoms with van der Waals surface area (Å²) in [5.74, 6) is 0.708. The largest absolute Gasteiger partial charge is 0.497 e. The number of piperazine rings is 1. The summed E-state index contributed by atoms with van der Waals surface area (Å²) in [6.07, 6.45) is 0. The fourth-order valence-corrected chi connectivity index (χ4v) is 4.76. The van der Waals surface area contributed by atoms with Crippen LogP contribution in [0.25, 0.3) is 10.2 Å². The van der Waals surface area contributed by atoms with Gasteiger partial charge < -0.3 is 15.0 Å². The summed E-state index contributed by atoms with van der Waals surface area (Å²) >= 11 is 1.78. The van der Waals surface area contributed by atoms with E-state index in [0.717, 1.165) is 49.1 Å². The molecule has 6 nitrogen and oxygen atoms in total. The Hall–Kier alpha value is -2.35. The van der Waals surface area contributed by atoms with E-state index >= 15 is 0 Å². The van der Waals surface area contributed by atoms with Gasteiger partial charge in [0.25, 0.3) is 5.91 Å². The van der Waals surface area contributed by atoms with Crippen molar-refractivity contribution in [3.8, 4) is 5.75 Å². The predicted molar refractivity (Wildman–Crippen MR) is 130 cm³/mol. The lowest BCUT2D eigenvalue weighted by Crippen LogP contribution is -2.48. The van der Waals surface area contributed by atoms with Gasteiger partial charge in [0.2, 0.25) is 0 Å². The fraction of sp³-hybridized carbons (Fsp3) is 0.391. The topological polar surface area (TPSA) is 57.7 Å². The normalized spacial score (nSPS) is 14.4. The van der Waals surface area contributed by atoms with Crippen molar-refractivity contribution in [2.24, 2.45) is 0 Å². The van der Waals surface area contributed by atoms with Gasteiger partial charge in [-0.15, -0.1) is 12.4 Å². The Bertz CT molecular complexity index is 1030.